The molecule has 2 rings (SSSR count). The van der Waals surface area contributed by atoms with E-state index in [9.17, 15) is 9.18 Å². The Balaban J connectivity index is 2.04. The molecule has 0 heterocycles. The molecule has 0 saturated carbocycles. The number of benzene rings is 2. The van der Waals surface area contributed by atoms with Crippen LogP contribution < -0.4 is 11.1 Å². The van der Waals surface area contributed by atoms with Gasteiger partial charge in [0.15, 0.2) is 0 Å². The van der Waals surface area contributed by atoms with Crippen LogP contribution in [0.1, 0.15) is 11.1 Å². The second kappa shape index (κ2) is 6.74. The molecule has 0 unspecified atom stereocenters. The van der Waals surface area contributed by atoms with Crippen LogP contribution in [0.25, 0.3) is 0 Å². The van der Waals surface area contributed by atoms with Crippen molar-refractivity contribution in [2.24, 2.45) is 0 Å². The molecule has 0 bridgehead atoms. The molecular formula is C16H17FN2O2. The maximum absolute atomic E-state index is 13.2. The fourth-order valence-corrected chi connectivity index (χ4v) is 1.95. The molecule has 5 heteroatoms. The number of ether oxygens (including phenoxy) is 1. The van der Waals surface area contributed by atoms with Crippen molar-refractivity contribution < 1.29 is 13.9 Å². The zero-order chi connectivity index (χ0) is 15.2. The van der Waals surface area contributed by atoms with Gasteiger partial charge in [-0.1, -0.05) is 12.1 Å². The van der Waals surface area contributed by atoms with Crippen LogP contribution in [0.5, 0.6) is 0 Å². The van der Waals surface area contributed by atoms with Crippen molar-refractivity contribution in [2.45, 2.75) is 13.0 Å². The topological polar surface area (TPSA) is 64.3 Å². The third-order valence-corrected chi connectivity index (χ3v) is 3.09. The van der Waals surface area contributed by atoms with E-state index in [4.69, 9.17) is 5.73 Å². The SMILES string of the molecule is COC(=O)Cc1cccc(NCc2cc(F)ccc2N)c1. The van der Waals surface area contributed by atoms with E-state index in [-0.39, 0.29) is 18.2 Å². The van der Waals surface area contributed by atoms with Crippen LogP contribution in [-0.4, -0.2) is 13.1 Å². The predicted octanol–water partition coefficient (Wildman–Crippen LogP) is 2.74. The summed E-state index contributed by atoms with van der Waals surface area (Å²) in [7, 11) is 1.36. The van der Waals surface area contributed by atoms with E-state index in [0.29, 0.717) is 17.8 Å². The molecule has 0 aliphatic carbocycles. The van der Waals surface area contributed by atoms with Crippen LogP contribution >= 0.6 is 0 Å². The molecule has 0 fully saturated rings. The third kappa shape index (κ3) is 4.21. The van der Waals surface area contributed by atoms with Gasteiger partial charge in [0.05, 0.1) is 13.5 Å². The maximum atomic E-state index is 13.2. The monoisotopic (exact) mass is 288 g/mol. The number of hydrogen-bond donors (Lipinski definition) is 2. The Morgan fingerprint density at radius 2 is 2.10 bits per heavy atom. The average Bonchev–Trinajstić information content (AvgIpc) is 2.48. The van der Waals surface area contributed by atoms with Crippen LogP contribution in [0, 0.1) is 5.82 Å². The Kier molecular flexibility index (Phi) is 4.77. The molecule has 0 amide bonds. The lowest BCUT2D eigenvalue weighted by Gasteiger charge is -2.10. The summed E-state index contributed by atoms with van der Waals surface area (Å²) in [6.07, 6.45) is 0.216. The highest BCUT2D eigenvalue weighted by Crippen LogP contribution is 2.17. The van der Waals surface area contributed by atoms with Gasteiger partial charge in [0.2, 0.25) is 0 Å². The number of methoxy groups -OCH3 is 1. The number of carbonyl (C=O) groups is 1. The van der Waals surface area contributed by atoms with Gasteiger partial charge in [-0.15, -0.1) is 0 Å². The zero-order valence-corrected chi connectivity index (χ0v) is 11.7. The van der Waals surface area contributed by atoms with E-state index in [0.717, 1.165) is 11.3 Å². The molecule has 110 valence electrons. The minimum Gasteiger partial charge on any atom is -0.469 e. The molecule has 4 nitrogen and oxygen atoms in total. The Hall–Kier alpha value is -2.56. The molecule has 0 aliphatic heterocycles. The summed E-state index contributed by atoms with van der Waals surface area (Å²) in [6.45, 7) is 0.408. The number of carbonyl (C=O) groups excluding carboxylic acids is 1. The smallest absolute Gasteiger partial charge is 0.309 e. The van der Waals surface area contributed by atoms with Crippen molar-refractivity contribution in [2.75, 3.05) is 18.2 Å². The molecule has 0 saturated heterocycles. The molecule has 0 radical (unpaired) electrons. The fourth-order valence-electron chi connectivity index (χ4n) is 1.95. The van der Waals surface area contributed by atoms with Gasteiger partial charge < -0.3 is 15.8 Å². The van der Waals surface area contributed by atoms with Gasteiger partial charge in [0.25, 0.3) is 0 Å². The summed E-state index contributed by atoms with van der Waals surface area (Å²) >= 11 is 0. The summed E-state index contributed by atoms with van der Waals surface area (Å²) in [6, 6.07) is 11.7. The summed E-state index contributed by atoms with van der Waals surface area (Å²) < 4.78 is 17.8. The first-order valence-electron chi connectivity index (χ1n) is 6.52. The molecule has 0 spiro atoms. The van der Waals surface area contributed by atoms with E-state index in [1.54, 1.807) is 6.07 Å². The van der Waals surface area contributed by atoms with Gasteiger partial charge in [-0.3, -0.25) is 4.79 Å². The summed E-state index contributed by atoms with van der Waals surface area (Å²) in [4.78, 5) is 11.3. The molecule has 2 aromatic rings. The Bertz CT molecular complexity index is 644. The first kappa shape index (κ1) is 14.8. The third-order valence-electron chi connectivity index (χ3n) is 3.09. The van der Waals surface area contributed by atoms with Gasteiger partial charge in [-0.25, -0.2) is 4.39 Å². The second-order valence-electron chi connectivity index (χ2n) is 4.65. The number of nitrogen functional groups attached to an aromatic ring is 1. The molecule has 0 aliphatic rings. The largest absolute Gasteiger partial charge is 0.469 e. The molecule has 3 N–H and O–H groups in total. The maximum Gasteiger partial charge on any atom is 0.309 e. The minimum atomic E-state index is -0.319. The van der Waals surface area contributed by atoms with Gasteiger partial charge in [0.1, 0.15) is 5.82 Å². The lowest BCUT2D eigenvalue weighted by Crippen LogP contribution is -2.06. The average molecular weight is 288 g/mol. The van der Waals surface area contributed by atoms with Crippen LogP contribution in [0.15, 0.2) is 42.5 Å². The van der Waals surface area contributed by atoms with Crippen molar-refractivity contribution >= 4 is 17.3 Å². The number of nitrogens with one attached hydrogen (secondary N) is 1. The van der Waals surface area contributed by atoms with Crippen LogP contribution in [0.4, 0.5) is 15.8 Å². The Morgan fingerprint density at radius 3 is 2.86 bits per heavy atom. The number of anilines is 2. The molecule has 0 atom stereocenters. The van der Waals surface area contributed by atoms with E-state index in [2.05, 4.69) is 10.1 Å². The van der Waals surface area contributed by atoms with E-state index >= 15 is 0 Å². The Morgan fingerprint density at radius 1 is 1.29 bits per heavy atom. The van der Waals surface area contributed by atoms with E-state index in [1.165, 1.54) is 19.2 Å². The highest BCUT2D eigenvalue weighted by molar-refractivity contribution is 5.72. The zero-order valence-electron chi connectivity index (χ0n) is 11.7. The number of hydrogen-bond acceptors (Lipinski definition) is 4. The van der Waals surface area contributed by atoms with Gasteiger partial charge in [-0.2, -0.15) is 0 Å². The van der Waals surface area contributed by atoms with Crippen molar-refractivity contribution in [1.29, 1.82) is 0 Å². The number of rotatable bonds is 5. The van der Waals surface area contributed by atoms with Crippen molar-refractivity contribution in [3.05, 3.63) is 59.4 Å². The van der Waals surface area contributed by atoms with Gasteiger partial charge >= 0.3 is 5.97 Å². The normalized spacial score (nSPS) is 10.2. The quantitative estimate of drug-likeness (QED) is 0.656. The summed E-state index contributed by atoms with van der Waals surface area (Å²) in [5.74, 6) is -0.609. The van der Waals surface area contributed by atoms with E-state index < -0.39 is 0 Å². The minimum absolute atomic E-state index is 0.216. The molecule has 2 aromatic carbocycles. The van der Waals surface area contributed by atoms with E-state index in [1.807, 2.05) is 24.3 Å². The summed E-state index contributed by atoms with van der Waals surface area (Å²) in [5, 5.41) is 3.16. The molecule has 21 heavy (non-hydrogen) atoms. The predicted molar refractivity (Wildman–Crippen MR) is 80.3 cm³/mol. The number of halogens is 1. The number of esters is 1. The van der Waals surface area contributed by atoms with Crippen molar-refractivity contribution in [3.63, 3.8) is 0 Å². The first-order chi connectivity index (χ1) is 10.1. The second-order valence-corrected chi connectivity index (χ2v) is 4.65. The first-order valence-corrected chi connectivity index (χ1v) is 6.52. The van der Waals surface area contributed by atoms with Crippen molar-refractivity contribution in [3.8, 4) is 0 Å². The lowest BCUT2D eigenvalue weighted by molar-refractivity contribution is -0.139. The number of nitrogens with two attached hydrogens (primary N) is 1. The van der Waals surface area contributed by atoms with Crippen LogP contribution in [0.2, 0.25) is 0 Å². The highest BCUT2D eigenvalue weighted by atomic mass is 19.1. The Labute approximate surface area is 122 Å². The van der Waals surface area contributed by atoms with Crippen LogP contribution in [-0.2, 0) is 22.5 Å². The molecule has 0 aromatic heterocycles. The highest BCUT2D eigenvalue weighted by Gasteiger charge is 2.05. The standard InChI is InChI=1S/C16H17FN2O2/c1-21-16(20)8-11-3-2-4-14(7-11)19-10-12-9-13(17)5-6-15(12)18/h2-7,9,19H,8,10,18H2,1H3. The lowest BCUT2D eigenvalue weighted by atomic mass is 10.1. The van der Waals surface area contributed by atoms with Crippen molar-refractivity contribution in [1.82, 2.24) is 0 Å². The van der Waals surface area contributed by atoms with Gasteiger partial charge in [-0.05, 0) is 41.5 Å². The van der Waals surface area contributed by atoms with Gasteiger partial charge in [0, 0.05) is 17.9 Å². The molecular weight excluding hydrogens is 271 g/mol. The summed E-state index contributed by atoms with van der Waals surface area (Å²) in [5.41, 5.74) is 8.70. The van der Waals surface area contributed by atoms with Crippen LogP contribution in [0.3, 0.4) is 0 Å². The fraction of sp³-hybridized carbons (Fsp3) is 0.188.